The van der Waals surface area contributed by atoms with Crippen LogP contribution in [0.15, 0.2) is 36.4 Å². The Morgan fingerprint density at radius 2 is 1.70 bits per heavy atom. The largest absolute Gasteiger partial charge is 0.373 e. The van der Waals surface area contributed by atoms with Gasteiger partial charge < -0.3 is 16.0 Å². The quantitative estimate of drug-likeness (QED) is 0.710. The van der Waals surface area contributed by atoms with E-state index in [0.29, 0.717) is 11.5 Å². The fourth-order valence-electron chi connectivity index (χ4n) is 2.62. The van der Waals surface area contributed by atoms with Gasteiger partial charge in [-0.1, -0.05) is 6.07 Å². The fourth-order valence-corrected chi connectivity index (χ4v) is 2.62. The average Bonchev–Trinajstić information content (AvgIpc) is 2.60. The number of nitrogens with one attached hydrogen (secondary N) is 1. The zero-order valence-corrected chi connectivity index (χ0v) is 15.1. The number of pyridine rings is 1. The molecule has 2 heterocycles. The van der Waals surface area contributed by atoms with E-state index in [2.05, 4.69) is 25.3 Å². The van der Waals surface area contributed by atoms with Gasteiger partial charge >= 0.3 is 0 Å². The molecular formula is C18H19F2N7. The average molecular weight is 371 g/mol. The Morgan fingerprint density at radius 1 is 1.00 bits per heavy atom. The standard InChI is InChI=1S/C18H19F2N7/c1-10(2)27(13-8-11(19)7-12(20)9-13)18-25-16(24-17(21)26-18)14-5-4-6-15(22-3)23-14/h4-10H,1-3H3,(H,22,23)(H2,21,24,25,26). The van der Waals surface area contributed by atoms with Crippen LogP contribution in [0.1, 0.15) is 13.8 Å². The molecule has 0 atom stereocenters. The summed E-state index contributed by atoms with van der Waals surface area (Å²) < 4.78 is 27.4. The molecule has 0 aliphatic heterocycles. The zero-order valence-electron chi connectivity index (χ0n) is 15.1. The maximum absolute atomic E-state index is 13.7. The molecule has 7 nitrogen and oxygen atoms in total. The molecule has 3 N–H and O–H groups in total. The summed E-state index contributed by atoms with van der Waals surface area (Å²) in [6, 6.07) is 8.37. The number of benzene rings is 1. The molecule has 140 valence electrons. The number of halogens is 2. The number of nitrogen functional groups attached to an aromatic ring is 1. The van der Waals surface area contributed by atoms with Crippen molar-refractivity contribution in [2.24, 2.45) is 0 Å². The van der Waals surface area contributed by atoms with Crippen LogP contribution in [-0.2, 0) is 0 Å². The van der Waals surface area contributed by atoms with Gasteiger partial charge in [0, 0.05) is 24.8 Å². The van der Waals surface area contributed by atoms with E-state index in [1.54, 1.807) is 30.1 Å². The highest BCUT2D eigenvalue weighted by Crippen LogP contribution is 2.28. The van der Waals surface area contributed by atoms with Crippen molar-refractivity contribution in [3.63, 3.8) is 0 Å². The van der Waals surface area contributed by atoms with Crippen molar-refractivity contribution in [2.45, 2.75) is 19.9 Å². The number of hydrogen-bond donors (Lipinski definition) is 2. The van der Waals surface area contributed by atoms with Crippen molar-refractivity contribution in [1.29, 1.82) is 0 Å². The first-order valence-corrected chi connectivity index (χ1v) is 8.29. The van der Waals surface area contributed by atoms with Crippen LogP contribution in [0.5, 0.6) is 0 Å². The zero-order chi connectivity index (χ0) is 19.6. The number of anilines is 4. The molecule has 0 spiro atoms. The minimum absolute atomic E-state index is 0.0193. The van der Waals surface area contributed by atoms with E-state index in [1.165, 1.54) is 12.1 Å². The molecule has 9 heteroatoms. The Hall–Kier alpha value is -3.36. The van der Waals surface area contributed by atoms with Gasteiger partial charge in [-0.05, 0) is 38.1 Å². The molecule has 27 heavy (non-hydrogen) atoms. The molecule has 0 fully saturated rings. The molecule has 0 unspecified atom stereocenters. The molecule has 0 radical (unpaired) electrons. The highest BCUT2D eigenvalue weighted by Gasteiger charge is 2.20. The number of nitrogens with two attached hydrogens (primary N) is 1. The maximum Gasteiger partial charge on any atom is 0.235 e. The summed E-state index contributed by atoms with van der Waals surface area (Å²) in [5, 5.41) is 2.94. The second-order valence-corrected chi connectivity index (χ2v) is 6.07. The summed E-state index contributed by atoms with van der Waals surface area (Å²) in [6.45, 7) is 3.70. The second-order valence-electron chi connectivity index (χ2n) is 6.07. The SMILES string of the molecule is CNc1cccc(-c2nc(N)nc(N(c3cc(F)cc(F)c3)C(C)C)n2)n1. The van der Waals surface area contributed by atoms with Crippen LogP contribution >= 0.6 is 0 Å². The van der Waals surface area contributed by atoms with Crippen LogP contribution in [0.25, 0.3) is 11.5 Å². The molecular weight excluding hydrogens is 352 g/mol. The first-order valence-electron chi connectivity index (χ1n) is 8.29. The Morgan fingerprint density at radius 3 is 2.33 bits per heavy atom. The summed E-state index contributed by atoms with van der Waals surface area (Å²) in [7, 11) is 1.75. The summed E-state index contributed by atoms with van der Waals surface area (Å²) >= 11 is 0. The Bertz CT molecular complexity index is 942. The van der Waals surface area contributed by atoms with Crippen LogP contribution in [0.3, 0.4) is 0 Å². The smallest absolute Gasteiger partial charge is 0.235 e. The fraction of sp³-hybridized carbons (Fsp3) is 0.222. The predicted molar refractivity (Wildman–Crippen MR) is 101 cm³/mol. The molecule has 3 aromatic rings. The Kier molecular flexibility index (Phi) is 5.11. The lowest BCUT2D eigenvalue weighted by atomic mass is 10.2. The third-order valence-electron chi connectivity index (χ3n) is 3.73. The number of hydrogen-bond acceptors (Lipinski definition) is 7. The molecule has 1 aromatic carbocycles. The van der Waals surface area contributed by atoms with E-state index in [-0.39, 0.29) is 29.5 Å². The van der Waals surface area contributed by atoms with Crippen LogP contribution in [-0.4, -0.2) is 33.0 Å². The van der Waals surface area contributed by atoms with E-state index < -0.39 is 11.6 Å². The van der Waals surface area contributed by atoms with Crippen molar-refractivity contribution in [3.8, 4) is 11.5 Å². The van der Waals surface area contributed by atoms with Gasteiger partial charge in [0.05, 0.1) is 0 Å². The molecule has 0 aliphatic rings. The van der Waals surface area contributed by atoms with Gasteiger partial charge in [0.25, 0.3) is 0 Å². The van der Waals surface area contributed by atoms with Crippen molar-refractivity contribution < 1.29 is 8.78 Å². The lowest BCUT2D eigenvalue weighted by molar-refractivity contribution is 0.581. The van der Waals surface area contributed by atoms with Crippen molar-refractivity contribution in [2.75, 3.05) is 23.0 Å². The summed E-state index contributed by atoms with van der Waals surface area (Å²) in [4.78, 5) is 18.7. The summed E-state index contributed by atoms with van der Waals surface area (Å²) in [6.07, 6.45) is 0. The number of rotatable bonds is 5. The first kappa shape index (κ1) is 18.4. The van der Waals surface area contributed by atoms with E-state index in [9.17, 15) is 8.78 Å². The van der Waals surface area contributed by atoms with Crippen LogP contribution in [0.4, 0.5) is 32.2 Å². The van der Waals surface area contributed by atoms with Gasteiger partial charge in [0.2, 0.25) is 11.9 Å². The highest BCUT2D eigenvalue weighted by atomic mass is 19.1. The number of nitrogens with zero attached hydrogens (tertiary/aromatic N) is 5. The van der Waals surface area contributed by atoms with Crippen LogP contribution in [0, 0.1) is 11.6 Å². The van der Waals surface area contributed by atoms with E-state index in [1.807, 2.05) is 13.8 Å². The van der Waals surface area contributed by atoms with E-state index >= 15 is 0 Å². The normalized spacial score (nSPS) is 10.9. The van der Waals surface area contributed by atoms with Crippen LogP contribution < -0.4 is 16.0 Å². The lowest BCUT2D eigenvalue weighted by Gasteiger charge is -2.27. The third-order valence-corrected chi connectivity index (χ3v) is 3.73. The van der Waals surface area contributed by atoms with Gasteiger partial charge in [-0.3, -0.25) is 0 Å². The monoisotopic (exact) mass is 371 g/mol. The molecule has 0 bridgehead atoms. The van der Waals surface area contributed by atoms with Gasteiger partial charge in [-0.25, -0.2) is 13.8 Å². The Balaban J connectivity index is 2.12. The van der Waals surface area contributed by atoms with Crippen LogP contribution in [0.2, 0.25) is 0 Å². The van der Waals surface area contributed by atoms with E-state index in [4.69, 9.17) is 5.73 Å². The topological polar surface area (TPSA) is 92.8 Å². The molecule has 3 rings (SSSR count). The lowest BCUT2D eigenvalue weighted by Crippen LogP contribution is -2.28. The van der Waals surface area contributed by atoms with Crippen molar-refractivity contribution in [3.05, 3.63) is 48.0 Å². The van der Waals surface area contributed by atoms with Crippen molar-refractivity contribution >= 4 is 23.4 Å². The van der Waals surface area contributed by atoms with E-state index in [0.717, 1.165) is 6.07 Å². The maximum atomic E-state index is 13.7. The minimum Gasteiger partial charge on any atom is -0.373 e. The molecule has 0 aliphatic carbocycles. The molecule has 0 saturated heterocycles. The van der Waals surface area contributed by atoms with Gasteiger partial charge in [0.15, 0.2) is 5.82 Å². The number of aromatic nitrogens is 4. The third kappa shape index (κ3) is 4.08. The highest BCUT2D eigenvalue weighted by molar-refractivity contribution is 5.62. The van der Waals surface area contributed by atoms with Crippen molar-refractivity contribution in [1.82, 2.24) is 19.9 Å². The molecule has 2 aromatic heterocycles. The summed E-state index contributed by atoms with van der Waals surface area (Å²) in [5.41, 5.74) is 6.63. The first-order chi connectivity index (χ1) is 12.9. The predicted octanol–water partition coefficient (Wildman–Crippen LogP) is 3.38. The second kappa shape index (κ2) is 7.48. The van der Waals surface area contributed by atoms with Gasteiger partial charge in [-0.15, -0.1) is 0 Å². The Labute approximate surface area is 155 Å². The molecule has 0 amide bonds. The van der Waals surface area contributed by atoms with Gasteiger partial charge in [-0.2, -0.15) is 15.0 Å². The minimum atomic E-state index is -0.693. The van der Waals surface area contributed by atoms with Gasteiger partial charge in [0.1, 0.15) is 23.1 Å². The molecule has 0 saturated carbocycles. The summed E-state index contributed by atoms with van der Waals surface area (Å²) in [5.74, 6) is -0.330.